The molecular formula is C24H28N6O2. The van der Waals surface area contributed by atoms with Crippen LogP contribution in [0.25, 0.3) is 16.8 Å². The van der Waals surface area contributed by atoms with Crippen molar-refractivity contribution in [3.05, 3.63) is 70.4 Å². The molecule has 1 saturated heterocycles. The van der Waals surface area contributed by atoms with Gasteiger partial charge in [0.15, 0.2) is 5.82 Å². The molecule has 166 valence electrons. The second-order valence-electron chi connectivity index (χ2n) is 8.73. The van der Waals surface area contributed by atoms with Gasteiger partial charge in [0.25, 0.3) is 5.56 Å². The molecule has 0 aliphatic carbocycles. The maximum atomic E-state index is 13.0. The van der Waals surface area contributed by atoms with Gasteiger partial charge in [-0.25, -0.2) is 4.52 Å². The lowest BCUT2D eigenvalue weighted by Gasteiger charge is -2.29. The number of hydrogen-bond acceptors (Lipinski definition) is 6. The highest BCUT2D eigenvalue weighted by Gasteiger charge is 2.19. The Hall–Kier alpha value is -3.26. The number of fused-ring (bicyclic) bond motifs is 1. The van der Waals surface area contributed by atoms with E-state index in [4.69, 9.17) is 4.52 Å². The zero-order chi connectivity index (χ0) is 22.1. The number of likely N-dealkylation sites (tertiary alicyclic amines) is 1. The Morgan fingerprint density at radius 3 is 2.78 bits per heavy atom. The van der Waals surface area contributed by atoms with Crippen LogP contribution >= 0.6 is 0 Å². The zero-order valence-corrected chi connectivity index (χ0v) is 18.6. The van der Waals surface area contributed by atoms with Crippen LogP contribution in [0.5, 0.6) is 0 Å². The standard InChI is InChI=1S/C24H28N6O2/c1-3-18-6-8-19(9-7-18)20-13-21-24(31)29(11-12-30(21)26-20)15-22-25-23(32-27-22)16-28-10-4-5-17(2)14-28/h6-9,11-13,17H,3-5,10,14-16H2,1-2H3/t17-/m0/s1. The maximum Gasteiger partial charge on any atom is 0.277 e. The Balaban J connectivity index is 1.34. The van der Waals surface area contributed by atoms with Crippen molar-refractivity contribution >= 4 is 5.52 Å². The highest BCUT2D eigenvalue weighted by molar-refractivity contribution is 5.65. The molecule has 3 aromatic heterocycles. The summed E-state index contributed by atoms with van der Waals surface area (Å²) < 4.78 is 8.67. The van der Waals surface area contributed by atoms with E-state index >= 15 is 0 Å². The van der Waals surface area contributed by atoms with Crippen molar-refractivity contribution in [2.24, 2.45) is 5.92 Å². The SMILES string of the molecule is CCc1ccc(-c2cc3c(=O)n(Cc4noc(CN5CCC[C@H](C)C5)n4)ccn3n2)cc1. The first kappa shape index (κ1) is 20.6. The molecule has 1 fully saturated rings. The van der Waals surface area contributed by atoms with Gasteiger partial charge in [0.1, 0.15) is 5.52 Å². The molecule has 8 heteroatoms. The molecule has 0 unspecified atom stereocenters. The minimum absolute atomic E-state index is 0.132. The first-order chi connectivity index (χ1) is 15.6. The summed E-state index contributed by atoms with van der Waals surface area (Å²) in [5.41, 5.74) is 3.43. The van der Waals surface area contributed by atoms with Crippen LogP contribution in [0.2, 0.25) is 0 Å². The summed E-state index contributed by atoms with van der Waals surface area (Å²) in [5.74, 6) is 1.80. The molecule has 0 amide bonds. The predicted octanol–water partition coefficient (Wildman–Crippen LogP) is 3.39. The Morgan fingerprint density at radius 1 is 1.16 bits per heavy atom. The van der Waals surface area contributed by atoms with Crippen molar-refractivity contribution in [2.45, 2.75) is 46.2 Å². The van der Waals surface area contributed by atoms with E-state index in [2.05, 4.69) is 46.1 Å². The third kappa shape index (κ3) is 4.23. The summed E-state index contributed by atoms with van der Waals surface area (Å²) in [7, 11) is 0. The fourth-order valence-electron chi connectivity index (χ4n) is 4.40. The second-order valence-corrected chi connectivity index (χ2v) is 8.73. The molecule has 5 rings (SSSR count). The molecule has 1 aliphatic heterocycles. The molecule has 0 saturated carbocycles. The number of nitrogens with zero attached hydrogens (tertiary/aromatic N) is 6. The van der Waals surface area contributed by atoms with Gasteiger partial charge in [-0.15, -0.1) is 0 Å². The Kier molecular flexibility index (Phi) is 5.61. The summed E-state index contributed by atoms with van der Waals surface area (Å²) in [6.45, 7) is 7.44. The van der Waals surface area contributed by atoms with Gasteiger partial charge in [-0.05, 0) is 43.4 Å². The number of piperidine rings is 1. The highest BCUT2D eigenvalue weighted by Crippen LogP contribution is 2.20. The van der Waals surface area contributed by atoms with Crippen molar-refractivity contribution in [1.82, 2.24) is 29.2 Å². The average molecular weight is 433 g/mol. The van der Waals surface area contributed by atoms with E-state index in [9.17, 15) is 4.79 Å². The van der Waals surface area contributed by atoms with Crippen LogP contribution < -0.4 is 5.56 Å². The quantitative estimate of drug-likeness (QED) is 0.465. The normalized spacial score (nSPS) is 17.2. The van der Waals surface area contributed by atoms with Crippen molar-refractivity contribution < 1.29 is 4.52 Å². The van der Waals surface area contributed by atoms with Gasteiger partial charge in [-0.3, -0.25) is 9.69 Å². The summed E-state index contributed by atoms with van der Waals surface area (Å²) in [4.78, 5) is 19.9. The number of rotatable bonds is 6. The smallest absolute Gasteiger partial charge is 0.277 e. The summed E-state index contributed by atoms with van der Waals surface area (Å²) in [6, 6.07) is 10.1. The molecule has 4 aromatic rings. The Morgan fingerprint density at radius 2 is 2.00 bits per heavy atom. The summed E-state index contributed by atoms with van der Waals surface area (Å²) >= 11 is 0. The lowest BCUT2D eigenvalue weighted by molar-refractivity contribution is 0.157. The largest absolute Gasteiger partial charge is 0.338 e. The van der Waals surface area contributed by atoms with E-state index in [0.29, 0.717) is 29.7 Å². The topological polar surface area (TPSA) is 81.5 Å². The van der Waals surface area contributed by atoms with Crippen molar-refractivity contribution in [3.8, 4) is 11.3 Å². The molecule has 4 heterocycles. The van der Waals surface area contributed by atoms with Gasteiger partial charge in [-0.1, -0.05) is 43.3 Å². The van der Waals surface area contributed by atoms with Gasteiger partial charge in [-0.2, -0.15) is 10.1 Å². The van der Waals surface area contributed by atoms with Gasteiger partial charge >= 0.3 is 0 Å². The van der Waals surface area contributed by atoms with E-state index in [1.165, 1.54) is 18.4 Å². The van der Waals surface area contributed by atoms with Crippen LogP contribution in [0, 0.1) is 5.92 Å². The highest BCUT2D eigenvalue weighted by atomic mass is 16.5. The van der Waals surface area contributed by atoms with Crippen LogP contribution in [-0.2, 0) is 19.5 Å². The lowest BCUT2D eigenvalue weighted by atomic mass is 10.0. The maximum absolute atomic E-state index is 13.0. The fourth-order valence-corrected chi connectivity index (χ4v) is 4.40. The molecule has 32 heavy (non-hydrogen) atoms. The van der Waals surface area contributed by atoms with Crippen LogP contribution in [-0.4, -0.2) is 42.3 Å². The van der Waals surface area contributed by atoms with Crippen LogP contribution in [0.1, 0.15) is 44.0 Å². The molecule has 0 spiro atoms. The molecule has 8 nitrogen and oxygen atoms in total. The van der Waals surface area contributed by atoms with Gasteiger partial charge in [0, 0.05) is 24.5 Å². The van der Waals surface area contributed by atoms with E-state index in [1.807, 2.05) is 18.2 Å². The fraction of sp³-hybridized carbons (Fsp3) is 0.417. The molecule has 0 N–H and O–H groups in total. The predicted molar refractivity (Wildman–Crippen MR) is 121 cm³/mol. The van der Waals surface area contributed by atoms with E-state index in [0.717, 1.165) is 30.8 Å². The monoisotopic (exact) mass is 432 g/mol. The number of aromatic nitrogens is 5. The molecule has 0 radical (unpaired) electrons. The third-order valence-corrected chi connectivity index (χ3v) is 6.18. The number of benzene rings is 1. The van der Waals surface area contributed by atoms with E-state index in [-0.39, 0.29) is 12.1 Å². The molecule has 1 aliphatic rings. The molecule has 1 atom stereocenters. The van der Waals surface area contributed by atoms with Gasteiger partial charge in [0.05, 0.1) is 18.8 Å². The lowest BCUT2D eigenvalue weighted by Crippen LogP contribution is -2.33. The third-order valence-electron chi connectivity index (χ3n) is 6.18. The van der Waals surface area contributed by atoms with E-state index in [1.54, 1.807) is 21.5 Å². The Bertz CT molecular complexity index is 1270. The molecular weight excluding hydrogens is 404 g/mol. The van der Waals surface area contributed by atoms with Crippen LogP contribution in [0.4, 0.5) is 0 Å². The van der Waals surface area contributed by atoms with Crippen LogP contribution in [0.15, 0.2) is 52.0 Å². The van der Waals surface area contributed by atoms with Crippen LogP contribution in [0.3, 0.4) is 0 Å². The zero-order valence-electron chi connectivity index (χ0n) is 18.6. The minimum Gasteiger partial charge on any atom is -0.338 e. The number of hydrogen-bond donors (Lipinski definition) is 0. The second kappa shape index (κ2) is 8.70. The summed E-state index contributed by atoms with van der Waals surface area (Å²) in [5, 5.41) is 8.66. The number of aryl methyl sites for hydroxylation is 1. The first-order valence-corrected chi connectivity index (χ1v) is 11.3. The first-order valence-electron chi connectivity index (χ1n) is 11.3. The Labute approximate surface area is 186 Å². The van der Waals surface area contributed by atoms with E-state index < -0.39 is 0 Å². The van der Waals surface area contributed by atoms with Gasteiger partial charge in [0.2, 0.25) is 5.89 Å². The minimum atomic E-state index is -0.132. The van der Waals surface area contributed by atoms with Gasteiger partial charge < -0.3 is 9.09 Å². The summed E-state index contributed by atoms with van der Waals surface area (Å²) in [6.07, 6.45) is 6.97. The van der Waals surface area contributed by atoms with Crippen molar-refractivity contribution in [3.63, 3.8) is 0 Å². The average Bonchev–Trinajstić information content (AvgIpc) is 3.43. The van der Waals surface area contributed by atoms with Crippen molar-refractivity contribution in [1.29, 1.82) is 0 Å². The molecule has 0 bridgehead atoms. The molecule has 1 aromatic carbocycles. The van der Waals surface area contributed by atoms with Crippen molar-refractivity contribution in [2.75, 3.05) is 13.1 Å².